The minimum Gasteiger partial charge on any atom is -0.611 e. The number of aromatic hydroxyl groups is 1. The molecule has 2 aromatic rings. The Morgan fingerprint density at radius 2 is 1.71 bits per heavy atom. The van der Waals surface area contributed by atoms with Gasteiger partial charge in [-0.25, -0.2) is 0 Å². The number of phenolic OH excluding ortho intramolecular Hbond substituents is 1. The molecule has 150 valence electrons. The van der Waals surface area contributed by atoms with Crippen molar-refractivity contribution in [3.63, 3.8) is 0 Å². The predicted molar refractivity (Wildman–Crippen MR) is 117 cm³/mol. The van der Waals surface area contributed by atoms with Crippen LogP contribution >= 0.6 is 0 Å². The molecule has 4 nitrogen and oxygen atoms in total. The highest BCUT2D eigenvalue weighted by Gasteiger charge is 2.16. The Labute approximate surface area is 170 Å². The van der Waals surface area contributed by atoms with E-state index in [9.17, 15) is 14.5 Å². The van der Waals surface area contributed by atoms with E-state index in [1.54, 1.807) is 36.4 Å². The number of para-hydroxylation sites is 1. The normalized spacial score (nSPS) is 12.2. The quantitative estimate of drug-likeness (QED) is 0.297. The molecular weight excluding hydrogens is 370 g/mol. The van der Waals surface area contributed by atoms with Crippen LogP contribution in [-0.4, -0.2) is 21.3 Å². The Hall–Kier alpha value is -2.24. The number of anilines is 1. The number of benzene rings is 2. The molecule has 1 amide bonds. The van der Waals surface area contributed by atoms with E-state index in [2.05, 4.69) is 12.2 Å². The molecule has 2 rings (SSSR count). The summed E-state index contributed by atoms with van der Waals surface area (Å²) in [6, 6.07) is 13.8. The fraction of sp³-hybridized carbons (Fsp3) is 0.348. The molecule has 0 fully saturated rings. The maximum atomic E-state index is 12.7. The van der Waals surface area contributed by atoms with Gasteiger partial charge in [0.15, 0.2) is 4.90 Å². The van der Waals surface area contributed by atoms with Gasteiger partial charge in [-0.05, 0) is 59.9 Å². The molecule has 0 saturated heterocycles. The van der Waals surface area contributed by atoms with Crippen molar-refractivity contribution in [3.8, 4) is 5.75 Å². The van der Waals surface area contributed by atoms with Crippen LogP contribution in [-0.2, 0) is 16.0 Å². The number of rotatable bonds is 11. The maximum absolute atomic E-state index is 12.7. The highest BCUT2D eigenvalue weighted by atomic mass is 32.2. The molecule has 1 atom stereocenters. The summed E-state index contributed by atoms with van der Waals surface area (Å²) in [5.41, 5.74) is 1.40. The van der Waals surface area contributed by atoms with Crippen LogP contribution < -0.4 is 5.32 Å². The number of amides is 1. The van der Waals surface area contributed by atoms with Gasteiger partial charge >= 0.3 is 0 Å². The van der Waals surface area contributed by atoms with Crippen LogP contribution in [0.25, 0.3) is 6.08 Å². The van der Waals surface area contributed by atoms with Crippen molar-refractivity contribution in [1.82, 2.24) is 0 Å². The summed E-state index contributed by atoms with van der Waals surface area (Å²) >= 11 is -1.13. The molecule has 0 aliphatic rings. The van der Waals surface area contributed by atoms with Gasteiger partial charge < -0.3 is 15.0 Å². The molecule has 0 saturated carbocycles. The molecule has 28 heavy (non-hydrogen) atoms. The average Bonchev–Trinajstić information content (AvgIpc) is 2.70. The monoisotopic (exact) mass is 399 g/mol. The second kappa shape index (κ2) is 12.3. The van der Waals surface area contributed by atoms with Crippen molar-refractivity contribution in [2.24, 2.45) is 0 Å². The smallest absolute Gasteiger partial charge is 0.248 e. The molecule has 0 aromatic heterocycles. The Morgan fingerprint density at radius 1 is 1.04 bits per heavy atom. The van der Waals surface area contributed by atoms with E-state index in [4.69, 9.17) is 0 Å². The summed E-state index contributed by atoms with van der Waals surface area (Å²) in [7, 11) is 0. The van der Waals surface area contributed by atoms with Crippen molar-refractivity contribution in [2.45, 2.75) is 50.3 Å². The zero-order chi connectivity index (χ0) is 20.2. The number of nitrogens with one attached hydrogen (secondary N) is 1. The standard InChI is InChI=1S/C23H29NO3S/c1-2-3-4-5-6-9-18-28(27)22-11-8-7-10-21(22)24-23(26)17-14-19-12-15-20(25)16-13-19/h7-8,10-17,25H,2-6,9,18H2,1H3,(H,24,26). The van der Waals surface area contributed by atoms with Crippen molar-refractivity contribution < 1.29 is 14.5 Å². The summed E-state index contributed by atoms with van der Waals surface area (Å²) in [5, 5.41) is 12.1. The SMILES string of the molecule is CCCCCCCC[S+]([O-])c1ccccc1NC(=O)C=Cc1ccc(O)cc1. The van der Waals surface area contributed by atoms with Crippen molar-refractivity contribution in [2.75, 3.05) is 11.1 Å². The van der Waals surface area contributed by atoms with Gasteiger partial charge in [-0.1, -0.05) is 56.9 Å². The van der Waals surface area contributed by atoms with Gasteiger partial charge in [-0.15, -0.1) is 0 Å². The Kier molecular flexibility index (Phi) is 9.66. The Bertz CT molecular complexity index is 759. The molecule has 0 spiro atoms. The molecule has 0 aliphatic heterocycles. The summed E-state index contributed by atoms with van der Waals surface area (Å²) in [6.45, 7) is 2.19. The number of carbonyl (C=O) groups is 1. The molecule has 0 aliphatic carbocycles. The average molecular weight is 400 g/mol. The van der Waals surface area contributed by atoms with E-state index in [-0.39, 0.29) is 11.7 Å². The van der Waals surface area contributed by atoms with Crippen LogP contribution in [0, 0.1) is 0 Å². The third kappa shape index (κ3) is 7.79. The van der Waals surface area contributed by atoms with E-state index in [1.165, 1.54) is 31.8 Å². The first kappa shape index (κ1) is 22.1. The van der Waals surface area contributed by atoms with Crippen LogP contribution in [0.5, 0.6) is 5.75 Å². The van der Waals surface area contributed by atoms with E-state index in [1.807, 2.05) is 18.2 Å². The third-order valence-electron chi connectivity index (χ3n) is 4.39. The van der Waals surface area contributed by atoms with Gasteiger partial charge in [0.25, 0.3) is 0 Å². The molecule has 0 heterocycles. The molecule has 2 aromatic carbocycles. The van der Waals surface area contributed by atoms with E-state index in [0.717, 1.165) is 18.4 Å². The second-order valence-corrected chi connectivity index (χ2v) is 8.27. The zero-order valence-electron chi connectivity index (χ0n) is 16.4. The van der Waals surface area contributed by atoms with Gasteiger partial charge in [0.05, 0.1) is 5.69 Å². The van der Waals surface area contributed by atoms with Crippen molar-refractivity contribution >= 4 is 28.8 Å². The van der Waals surface area contributed by atoms with Crippen molar-refractivity contribution in [1.29, 1.82) is 0 Å². The van der Waals surface area contributed by atoms with Gasteiger partial charge in [-0.3, -0.25) is 4.79 Å². The Morgan fingerprint density at radius 3 is 2.46 bits per heavy atom. The van der Waals surface area contributed by atoms with Gasteiger partial charge in [0.1, 0.15) is 11.5 Å². The number of unbranched alkanes of at least 4 members (excludes halogenated alkanes) is 5. The largest absolute Gasteiger partial charge is 0.611 e. The first-order chi connectivity index (χ1) is 13.6. The lowest BCUT2D eigenvalue weighted by molar-refractivity contribution is -0.111. The predicted octanol–water partition coefficient (Wildman–Crippen LogP) is 5.51. The second-order valence-electron chi connectivity index (χ2n) is 6.73. The maximum Gasteiger partial charge on any atom is 0.248 e. The fourth-order valence-electron chi connectivity index (χ4n) is 2.82. The van der Waals surface area contributed by atoms with E-state index >= 15 is 0 Å². The number of hydrogen-bond acceptors (Lipinski definition) is 3. The van der Waals surface area contributed by atoms with Gasteiger partial charge in [0.2, 0.25) is 5.91 Å². The first-order valence-corrected chi connectivity index (χ1v) is 11.2. The minimum absolute atomic E-state index is 0.184. The molecule has 1 unspecified atom stereocenters. The number of hydrogen-bond donors (Lipinski definition) is 2. The zero-order valence-corrected chi connectivity index (χ0v) is 17.2. The van der Waals surface area contributed by atoms with Crippen LogP contribution in [0.3, 0.4) is 0 Å². The molecular formula is C23H29NO3S. The van der Waals surface area contributed by atoms with Gasteiger partial charge in [0, 0.05) is 6.08 Å². The Balaban J connectivity index is 1.89. The lowest BCUT2D eigenvalue weighted by atomic mass is 10.1. The van der Waals surface area contributed by atoms with Crippen LogP contribution in [0.15, 0.2) is 59.5 Å². The van der Waals surface area contributed by atoms with Crippen LogP contribution in [0.2, 0.25) is 0 Å². The summed E-state index contributed by atoms with van der Waals surface area (Å²) < 4.78 is 12.7. The minimum atomic E-state index is -1.13. The first-order valence-electron chi connectivity index (χ1n) is 9.85. The summed E-state index contributed by atoms with van der Waals surface area (Å²) in [4.78, 5) is 12.9. The van der Waals surface area contributed by atoms with Crippen LogP contribution in [0.1, 0.15) is 51.0 Å². The fourth-order valence-corrected chi connectivity index (χ4v) is 4.10. The highest BCUT2D eigenvalue weighted by molar-refractivity contribution is 7.91. The van der Waals surface area contributed by atoms with Crippen molar-refractivity contribution in [3.05, 3.63) is 60.2 Å². The van der Waals surface area contributed by atoms with E-state index < -0.39 is 11.2 Å². The lowest BCUT2D eigenvalue weighted by Gasteiger charge is -2.14. The number of carbonyl (C=O) groups excluding carboxylic acids is 1. The molecule has 5 heteroatoms. The lowest BCUT2D eigenvalue weighted by Crippen LogP contribution is -2.14. The molecule has 0 radical (unpaired) electrons. The summed E-state index contributed by atoms with van der Waals surface area (Å²) in [5.74, 6) is 0.517. The third-order valence-corrected chi connectivity index (χ3v) is 5.90. The van der Waals surface area contributed by atoms with Crippen LogP contribution in [0.4, 0.5) is 5.69 Å². The highest BCUT2D eigenvalue weighted by Crippen LogP contribution is 2.23. The number of phenols is 1. The van der Waals surface area contributed by atoms with E-state index in [0.29, 0.717) is 16.3 Å². The molecule has 2 N–H and O–H groups in total. The van der Waals surface area contributed by atoms with Gasteiger partial charge in [-0.2, -0.15) is 0 Å². The molecule has 0 bridgehead atoms. The topological polar surface area (TPSA) is 72.4 Å². The summed E-state index contributed by atoms with van der Waals surface area (Å²) in [6.07, 6.45) is 10.0.